The predicted molar refractivity (Wildman–Crippen MR) is 83.0 cm³/mol. The van der Waals surface area contributed by atoms with Crippen molar-refractivity contribution >= 4 is 16.1 Å². The van der Waals surface area contributed by atoms with Crippen LogP contribution in [0.1, 0.15) is 12.0 Å². The minimum Gasteiger partial charge on any atom is -0.295 e. The van der Waals surface area contributed by atoms with E-state index >= 15 is 0 Å². The van der Waals surface area contributed by atoms with Crippen LogP contribution in [0.4, 0.5) is 13.2 Å². The van der Waals surface area contributed by atoms with Crippen LogP contribution in [0.5, 0.6) is 0 Å². The van der Waals surface area contributed by atoms with Crippen molar-refractivity contribution in [2.75, 3.05) is 26.2 Å². The van der Waals surface area contributed by atoms with Crippen molar-refractivity contribution in [2.24, 2.45) is 5.92 Å². The van der Waals surface area contributed by atoms with Crippen molar-refractivity contribution in [3.63, 3.8) is 0 Å². The van der Waals surface area contributed by atoms with Gasteiger partial charge in [-0.3, -0.25) is 4.90 Å². The van der Waals surface area contributed by atoms with Gasteiger partial charge in [0.2, 0.25) is 10.0 Å². The predicted octanol–water partition coefficient (Wildman–Crippen LogP) is 2.46. The maximum absolute atomic E-state index is 12.3. The Kier molecular flexibility index (Phi) is 5.83. The van der Waals surface area contributed by atoms with Crippen molar-refractivity contribution in [1.29, 1.82) is 0 Å². The third kappa shape index (κ3) is 6.72. The molecule has 1 aliphatic heterocycles. The lowest BCUT2D eigenvalue weighted by atomic mass is 10.1. The number of halogens is 3. The Labute approximate surface area is 134 Å². The number of nitrogens with zero attached hydrogens (tertiary/aromatic N) is 1. The molecule has 8 heteroatoms. The lowest BCUT2D eigenvalue weighted by Gasteiger charge is -2.17. The Morgan fingerprint density at radius 2 is 1.96 bits per heavy atom. The third-order valence-corrected chi connectivity index (χ3v) is 4.65. The molecule has 0 radical (unpaired) electrons. The second-order valence-corrected chi connectivity index (χ2v) is 7.26. The molecule has 1 heterocycles. The Balaban J connectivity index is 1.80. The van der Waals surface area contributed by atoms with Crippen LogP contribution in [0.2, 0.25) is 0 Å². The Bertz CT molecular complexity index is 630. The summed E-state index contributed by atoms with van der Waals surface area (Å²) in [6.07, 6.45) is -2.18. The van der Waals surface area contributed by atoms with E-state index in [4.69, 9.17) is 0 Å². The highest BCUT2D eigenvalue weighted by atomic mass is 32.2. The van der Waals surface area contributed by atoms with E-state index < -0.39 is 22.7 Å². The summed E-state index contributed by atoms with van der Waals surface area (Å²) in [5.41, 5.74) is 0.759. The first-order valence-corrected chi connectivity index (χ1v) is 8.80. The number of sulfonamides is 1. The molecule has 0 amide bonds. The molecule has 0 spiro atoms. The van der Waals surface area contributed by atoms with Crippen molar-refractivity contribution < 1.29 is 21.6 Å². The summed E-state index contributed by atoms with van der Waals surface area (Å²) < 4.78 is 63.1. The molecule has 128 valence electrons. The average Bonchev–Trinajstić information content (AvgIpc) is 2.90. The molecular weight excluding hydrogens is 329 g/mol. The fourth-order valence-electron chi connectivity index (χ4n) is 2.49. The maximum Gasteiger partial charge on any atom is 0.401 e. The van der Waals surface area contributed by atoms with Gasteiger partial charge in [0.1, 0.15) is 0 Å². The number of likely N-dealkylation sites (tertiary alicyclic amines) is 1. The highest BCUT2D eigenvalue weighted by molar-refractivity contribution is 7.92. The van der Waals surface area contributed by atoms with E-state index in [1.165, 1.54) is 11.0 Å². The minimum absolute atomic E-state index is 0.0998. The largest absolute Gasteiger partial charge is 0.401 e. The number of alkyl halides is 3. The van der Waals surface area contributed by atoms with Gasteiger partial charge in [0.05, 0.1) is 6.54 Å². The van der Waals surface area contributed by atoms with Gasteiger partial charge in [-0.25, -0.2) is 13.1 Å². The Morgan fingerprint density at radius 3 is 2.61 bits per heavy atom. The second kappa shape index (κ2) is 7.46. The summed E-state index contributed by atoms with van der Waals surface area (Å²) in [6.45, 7) is -0.198. The molecular formula is C15H19F3N2O2S. The first-order chi connectivity index (χ1) is 10.7. The molecule has 1 aromatic carbocycles. The highest BCUT2D eigenvalue weighted by Crippen LogP contribution is 2.22. The van der Waals surface area contributed by atoms with Crippen LogP contribution in [0.15, 0.2) is 35.7 Å². The average molecular weight is 348 g/mol. The summed E-state index contributed by atoms with van der Waals surface area (Å²) >= 11 is 0. The van der Waals surface area contributed by atoms with Crippen molar-refractivity contribution in [1.82, 2.24) is 9.62 Å². The number of benzene rings is 1. The van der Waals surface area contributed by atoms with Gasteiger partial charge in [-0.15, -0.1) is 0 Å². The number of hydrogen-bond acceptors (Lipinski definition) is 3. The molecule has 0 saturated carbocycles. The summed E-state index contributed by atoms with van der Waals surface area (Å²) in [6, 6.07) is 8.98. The zero-order valence-electron chi connectivity index (χ0n) is 12.5. The van der Waals surface area contributed by atoms with Crippen LogP contribution >= 0.6 is 0 Å². The van der Waals surface area contributed by atoms with E-state index in [2.05, 4.69) is 4.72 Å². The van der Waals surface area contributed by atoms with E-state index in [9.17, 15) is 21.6 Å². The normalized spacial score (nSPS) is 20.4. The van der Waals surface area contributed by atoms with Gasteiger partial charge >= 0.3 is 6.18 Å². The molecule has 1 N–H and O–H groups in total. The first kappa shape index (κ1) is 18.0. The van der Waals surface area contributed by atoms with Crippen LogP contribution in [-0.4, -0.2) is 45.7 Å². The Hall–Kier alpha value is -1.38. The second-order valence-electron chi connectivity index (χ2n) is 5.61. The van der Waals surface area contributed by atoms with Gasteiger partial charge in [-0.2, -0.15) is 13.2 Å². The van der Waals surface area contributed by atoms with E-state index in [0.29, 0.717) is 13.0 Å². The highest BCUT2D eigenvalue weighted by Gasteiger charge is 2.34. The SMILES string of the molecule is O=S(=O)(/C=C/c1ccccc1)NCC1CCN(CC(F)(F)F)C1. The number of nitrogens with one attached hydrogen (secondary N) is 1. The lowest BCUT2D eigenvalue weighted by Crippen LogP contribution is -2.34. The molecule has 1 saturated heterocycles. The van der Waals surface area contributed by atoms with Gasteiger partial charge in [-0.1, -0.05) is 30.3 Å². The molecule has 2 rings (SSSR count). The number of rotatable bonds is 6. The molecule has 1 unspecified atom stereocenters. The molecule has 1 aromatic rings. The quantitative estimate of drug-likeness (QED) is 0.859. The minimum atomic E-state index is -4.22. The van der Waals surface area contributed by atoms with Crippen LogP contribution in [0.3, 0.4) is 0 Å². The Morgan fingerprint density at radius 1 is 1.26 bits per heavy atom. The number of hydrogen-bond donors (Lipinski definition) is 1. The van der Waals surface area contributed by atoms with Gasteiger partial charge in [-0.05, 0) is 30.5 Å². The van der Waals surface area contributed by atoms with Crippen molar-refractivity contribution in [3.05, 3.63) is 41.3 Å². The van der Waals surface area contributed by atoms with E-state index in [0.717, 1.165) is 11.0 Å². The fraction of sp³-hybridized carbons (Fsp3) is 0.467. The maximum atomic E-state index is 12.3. The topological polar surface area (TPSA) is 49.4 Å². The molecule has 23 heavy (non-hydrogen) atoms. The van der Waals surface area contributed by atoms with Gasteiger partial charge in [0.15, 0.2) is 0 Å². The van der Waals surface area contributed by atoms with E-state index in [1.54, 1.807) is 24.3 Å². The van der Waals surface area contributed by atoms with Crippen molar-refractivity contribution in [3.8, 4) is 0 Å². The van der Waals surface area contributed by atoms with Gasteiger partial charge in [0.25, 0.3) is 0 Å². The molecule has 4 nitrogen and oxygen atoms in total. The molecule has 0 aliphatic carbocycles. The van der Waals surface area contributed by atoms with Crippen LogP contribution in [0.25, 0.3) is 6.08 Å². The summed E-state index contributed by atoms with van der Waals surface area (Å²) in [5, 5.41) is 1.07. The molecule has 1 fully saturated rings. The summed E-state index contributed by atoms with van der Waals surface area (Å²) in [4.78, 5) is 1.30. The van der Waals surface area contributed by atoms with Crippen LogP contribution in [-0.2, 0) is 10.0 Å². The van der Waals surface area contributed by atoms with Gasteiger partial charge in [0, 0.05) is 18.5 Å². The van der Waals surface area contributed by atoms with Crippen molar-refractivity contribution in [2.45, 2.75) is 12.6 Å². The van der Waals surface area contributed by atoms with E-state index in [1.807, 2.05) is 6.07 Å². The zero-order chi connectivity index (χ0) is 16.9. The lowest BCUT2D eigenvalue weighted by molar-refractivity contribution is -0.143. The zero-order valence-corrected chi connectivity index (χ0v) is 13.3. The molecule has 0 aromatic heterocycles. The molecule has 1 atom stereocenters. The molecule has 1 aliphatic rings. The van der Waals surface area contributed by atoms with Crippen LogP contribution < -0.4 is 4.72 Å². The molecule has 0 bridgehead atoms. The fourth-order valence-corrected chi connectivity index (χ4v) is 3.39. The third-order valence-electron chi connectivity index (χ3n) is 3.59. The van der Waals surface area contributed by atoms with Gasteiger partial charge < -0.3 is 0 Å². The van der Waals surface area contributed by atoms with Crippen LogP contribution in [0, 0.1) is 5.92 Å². The summed E-state index contributed by atoms with van der Waals surface area (Å²) in [7, 11) is -3.59. The standard InChI is InChI=1S/C15H19F3N2O2S/c16-15(17,18)12-20-8-6-14(11-20)10-19-23(21,22)9-7-13-4-2-1-3-5-13/h1-5,7,9,14,19H,6,8,10-12H2/b9-7+. The first-order valence-electron chi connectivity index (χ1n) is 7.25. The monoisotopic (exact) mass is 348 g/mol. The smallest absolute Gasteiger partial charge is 0.295 e. The van der Waals surface area contributed by atoms with E-state index in [-0.39, 0.29) is 19.0 Å². The summed E-state index contributed by atoms with van der Waals surface area (Å²) in [5.74, 6) is -0.0998.